The van der Waals surface area contributed by atoms with Gasteiger partial charge < -0.3 is 4.74 Å². The molecule has 7 rings (SSSR count). The van der Waals surface area contributed by atoms with Crippen molar-refractivity contribution in [3.05, 3.63) is 212 Å². The molecule has 1 aromatic heterocycles. The molecule has 0 bridgehead atoms. The number of nitrogens with zero attached hydrogens (tertiary/aromatic N) is 3. The second-order valence-corrected chi connectivity index (χ2v) is 17.8. The molecular formula is C51H26BF24N3O5. The van der Waals surface area contributed by atoms with Crippen LogP contribution in [-0.2, 0) is 56.0 Å². The maximum atomic E-state index is 14.2. The Morgan fingerprint density at radius 2 is 0.774 bits per heavy atom. The molecule has 1 heterocycles. The largest absolute Gasteiger partial charge is 0.421 e. The number of non-ortho nitro benzene ring substituents is 1. The molecule has 0 aliphatic rings. The highest BCUT2D eigenvalue weighted by Gasteiger charge is 2.47. The summed E-state index contributed by atoms with van der Waals surface area (Å²) in [5, 5.41) is 10.8. The van der Waals surface area contributed by atoms with Crippen molar-refractivity contribution < 1.29 is 129 Å². The highest BCUT2D eigenvalue weighted by Crippen LogP contribution is 2.41. The normalized spacial score (nSPS) is 13.0. The van der Waals surface area contributed by atoms with Gasteiger partial charge >= 0.3 is 55.4 Å². The van der Waals surface area contributed by atoms with Crippen LogP contribution in [-0.4, -0.2) is 27.8 Å². The quantitative estimate of drug-likeness (QED) is 0.0198. The highest BCUT2D eigenvalue weighted by molar-refractivity contribution is 7.20. The van der Waals surface area contributed by atoms with Gasteiger partial charge in [-0.2, -0.15) is 132 Å². The lowest BCUT2D eigenvalue weighted by atomic mass is 9.12. The molecule has 0 fully saturated rings. The first-order chi connectivity index (χ1) is 38.3. The second-order valence-electron chi connectivity index (χ2n) is 17.8. The number of halogens is 24. The van der Waals surface area contributed by atoms with Crippen molar-refractivity contribution in [3.63, 3.8) is 0 Å². The van der Waals surface area contributed by atoms with E-state index in [1.807, 2.05) is 6.07 Å². The van der Waals surface area contributed by atoms with E-state index in [0.29, 0.717) is 5.56 Å². The van der Waals surface area contributed by atoms with Crippen molar-refractivity contribution in [3.8, 4) is 5.75 Å². The summed E-state index contributed by atoms with van der Waals surface area (Å²) < 4.78 is 347. The van der Waals surface area contributed by atoms with E-state index in [-0.39, 0.29) is 29.5 Å². The summed E-state index contributed by atoms with van der Waals surface area (Å²) in [6.45, 7) is 0.0314. The summed E-state index contributed by atoms with van der Waals surface area (Å²) in [6, 6.07) is 5.25. The fraction of sp³-hybridized carbons (Fsp3) is 0.176. The maximum absolute atomic E-state index is 14.2. The minimum Gasteiger partial charge on any atom is -0.421 e. The van der Waals surface area contributed by atoms with Crippen molar-refractivity contribution in [2.45, 2.75) is 56.0 Å². The Kier molecular flexibility index (Phi) is 17.5. The second kappa shape index (κ2) is 22.8. The lowest BCUT2D eigenvalue weighted by Gasteiger charge is -2.46. The van der Waals surface area contributed by atoms with Crippen molar-refractivity contribution in [1.82, 2.24) is 4.98 Å². The molecule has 8 nitrogen and oxygen atoms in total. The Hall–Kier alpha value is -8.68. The van der Waals surface area contributed by atoms with E-state index in [2.05, 4.69) is 4.98 Å². The number of ether oxygens (including phenoxy) is 1. The molecule has 0 aliphatic heterocycles. The lowest BCUT2D eigenvalue weighted by molar-refractivity contribution is -0.683. The van der Waals surface area contributed by atoms with Crippen LogP contribution in [0.25, 0.3) is 0 Å². The smallest absolute Gasteiger partial charge is 0.416 e. The number of Topliss-reactive ketones (excluding diaryl/α,β-unsaturated/α-hetero) is 1. The van der Waals surface area contributed by atoms with E-state index in [4.69, 9.17) is 4.74 Å². The highest BCUT2D eigenvalue weighted by atomic mass is 19.4. The monoisotopic (exact) mass is 1230 g/mol. The van der Waals surface area contributed by atoms with Crippen LogP contribution in [0.15, 0.2) is 146 Å². The van der Waals surface area contributed by atoms with Crippen molar-refractivity contribution in [2.75, 3.05) is 0 Å². The lowest BCUT2D eigenvalue weighted by Crippen LogP contribution is -2.75. The van der Waals surface area contributed by atoms with Crippen LogP contribution in [0, 0.1) is 10.1 Å². The SMILES string of the molecule is FC(F)(F)c1cc([B-](c2cc(C(F)(F)F)cc(C(F)(F)F)c2)(c2cc(C(F)(F)F)cc(C(F)(F)F)c2)c2cc(C(F)(F)F)cc(C(F)(F)F)c2)cc(C(F)(F)F)c1.O=C(C[n+]1ccnc(C(=O)Oc2cccc([N+](=O)[O-])c2)c1)c1ccccc1. The van der Waals surface area contributed by atoms with Crippen LogP contribution in [0.2, 0.25) is 0 Å². The zero-order chi connectivity index (χ0) is 63.1. The molecule has 0 unspecified atom stereocenters. The number of rotatable bonds is 10. The van der Waals surface area contributed by atoms with E-state index in [1.165, 1.54) is 35.2 Å². The first-order valence-electron chi connectivity index (χ1n) is 22.5. The number of benzene rings is 6. The van der Waals surface area contributed by atoms with Crippen LogP contribution in [0.1, 0.15) is 65.4 Å². The summed E-state index contributed by atoms with van der Waals surface area (Å²) in [4.78, 5) is 38.7. The number of esters is 1. The molecule has 446 valence electrons. The molecule has 0 spiro atoms. The third-order valence-corrected chi connectivity index (χ3v) is 12.1. The van der Waals surface area contributed by atoms with Crippen LogP contribution in [0.5, 0.6) is 5.75 Å². The molecule has 0 atom stereocenters. The number of nitro benzene ring substituents is 1. The van der Waals surface area contributed by atoms with E-state index < -0.39 is 206 Å². The number of aromatic nitrogens is 2. The van der Waals surface area contributed by atoms with Crippen molar-refractivity contribution in [2.24, 2.45) is 0 Å². The molecule has 84 heavy (non-hydrogen) atoms. The number of carbonyl (C=O) groups excluding carboxylic acids is 2. The molecule has 33 heteroatoms. The number of nitro groups is 1. The van der Waals surface area contributed by atoms with Gasteiger partial charge in [0.05, 0.1) is 61.7 Å². The van der Waals surface area contributed by atoms with E-state index in [1.54, 1.807) is 30.5 Å². The Morgan fingerprint density at radius 1 is 0.452 bits per heavy atom. The van der Waals surface area contributed by atoms with E-state index in [9.17, 15) is 125 Å². The van der Waals surface area contributed by atoms with Gasteiger partial charge in [0, 0.05) is 11.6 Å². The Morgan fingerprint density at radius 3 is 1.07 bits per heavy atom. The molecule has 6 aromatic carbocycles. The van der Waals surface area contributed by atoms with Crippen LogP contribution >= 0.6 is 0 Å². The predicted octanol–water partition coefficient (Wildman–Crippen LogP) is 13.6. The third-order valence-electron chi connectivity index (χ3n) is 12.1. The van der Waals surface area contributed by atoms with Gasteiger partial charge in [0.1, 0.15) is 11.9 Å². The van der Waals surface area contributed by atoms with Crippen molar-refractivity contribution in [1.29, 1.82) is 0 Å². The molecule has 0 amide bonds. The Labute approximate surface area is 452 Å². The average Bonchev–Trinajstić information content (AvgIpc) is 0.761. The first kappa shape index (κ1) is 64.5. The molecule has 0 saturated heterocycles. The van der Waals surface area contributed by atoms with Gasteiger partial charge in [0.25, 0.3) is 5.69 Å². The summed E-state index contributed by atoms with van der Waals surface area (Å²) in [7, 11) is 0. The van der Waals surface area contributed by atoms with Gasteiger partial charge in [-0.05, 0) is 30.3 Å². The summed E-state index contributed by atoms with van der Waals surface area (Å²) in [6.07, 6.45) is -50.5. The summed E-state index contributed by atoms with van der Waals surface area (Å²) in [5.41, 5.74) is -29.9. The Bertz CT molecular complexity index is 3170. The zero-order valence-electron chi connectivity index (χ0n) is 40.6. The van der Waals surface area contributed by atoms with E-state index >= 15 is 0 Å². The maximum Gasteiger partial charge on any atom is 0.416 e. The topological polar surface area (TPSA) is 103 Å². The van der Waals surface area contributed by atoms with Crippen LogP contribution in [0.4, 0.5) is 111 Å². The van der Waals surface area contributed by atoms with Gasteiger partial charge in [-0.25, -0.2) is 9.78 Å². The van der Waals surface area contributed by atoms with Gasteiger partial charge in [-0.3, -0.25) is 14.9 Å². The molecule has 0 saturated carbocycles. The minimum atomic E-state index is -6.13. The fourth-order valence-electron chi connectivity index (χ4n) is 8.41. The molecule has 7 aromatic rings. The van der Waals surface area contributed by atoms with Gasteiger partial charge in [-0.1, -0.05) is 84.9 Å². The molecule has 0 radical (unpaired) electrons. The third kappa shape index (κ3) is 15.1. The number of ketones is 1. The molecule has 0 aliphatic carbocycles. The first-order valence-corrected chi connectivity index (χ1v) is 22.5. The van der Waals surface area contributed by atoms with Crippen LogP contribution in [0.3, 0.4) is 0 Å². The van der Waals surface area contributed by atoms with Gasteiger partial charge in [0.15, 0.2) is 6.20 Å². The van der Waals surface area contributed by atoms with Crippen LogP contribution < -0.4 is 31.2 Å². The predicted molar refractivity (Wildman–Crippen MR) is 243 cm³/mol. The number of hydrogen-bond acceptors (Lipinski definition) is 6. The minimum absolute atomic E-state index is 0.0233. The summed E-state index contributed by atoms with van der Waals surface area (Å²) in [5.74, 6) is -0.867. The average molecular weight is 1230 g/mol. The fourth-order valence-corrected chi connectivity index (χ4v) is 8.41. The molecule has 0 N–H and O–H groups in total. The number of hydrogen-bond donors (Lipinski definition) is 0. The number of carbonyl (C=O) groups is 2. The molecular weight excluding hydrogens is 1200 g/mol. The van der Waals surface area contributed by atoms with Gasteiger partial charge in [-0.15, -0.1) is 0 Å². The zero-order valence-corrected chi connectivity index (χ0v) is 40.6. The standard InChI is InChI=1S/C32H12BF24.C19H14N3O5/c34-25(35,36)13-1-14(26(37,38)39)6-21(5-13)33(22-7-15(27(40,41)42)2-16(8-22)28(43,44)45,23-9-17(29(46,47)48)3-18(10-23)30(49,50)51)24-11-19(31(52,53)54)4-20(12-24)32(55,56)57;23-18(14-5-2-1-3-6-14)13-21-10-9-20-17(12-21)19(24)27-16-8-4-7-15(11-16)22(25)26/h1-12H;1-12H,13H2/q-1;+1. The van der Waals surface area contributed by atoms with Crippen molar-refractivity contribution >= 4 is 45.4 Å². The number of alkyl halides is 24. The Balaban J connectivity index is 0.000000347. The van der Waals surface area contributed by atoms with Gasteiger partial charge in [0.2, 0.25) is 24.2 Å². The summed E-state index contributed by atoms with van der Waals surface area (Å²) >= 11 is 0. The van der Waals surface area contributed by atoms with E-state index in [0.717, 1.165) is 6.07 Å².